The summed E-state index contributed by atoms with van der Waals surface area (Å²) in [4.78, 5) is 11.5. The zero-order valence-corrected chi connectivity index (χ0v) is 13.4. The summed E-state index contributed by atoms with van der Waals surface area (Å²) in [6.07, 6.45) is 5.88. The Morgan fingerprint density at radius 2 is 2.10 bits per heavy atom. The van der Waals surface area contributed by atoms with Gasteiger partial charge < -0.3 is 9.84 Å². The van der Waals surface area contributed by atoms with Gasteiger partial charge in [0.1, 0.15) is 5.75 Å². The van der Waals surface area contributed by atoms with Crippen molar-refractivity contribution in [1.82, 2.24) is 0 Å². The highest BCUT2D eigenvalue weighted by Gasteiger charge is 2.30. The van der Waals surface area contributed by atoms with Crippen LogP contribution in [0.25, 0.3) is 0 Å². The van der Waals surface area contributed by atoms with Crippen LogP contribution in [-0.2, 0) is 11.2 Å². The topological polar surface area (TPSA) is 46.5 Å². The monoisotopic (exact) mass is 340 g/mol. The van der Waals surface area contributed by atoms with Crippen molar-refractivity contribution in [3.05, 3.63) is 28.2 Å². The number of halogens is 1. The van der Waals surface area contributed by atoms with Gasteiger partial charge in [0.2, 0.25) is 0 Å². The van der Waals surface area contributed by atoms with E-state index in [2.05, 4.69) is 15.9 Å². The van der Waals surface area contributed by atoms with E-state index in [-0.39, 0.29) is 11.8 Å². The standard InChI is InChI=1S/C16H21BrO3/c1-20-15-8-7-13(17)10-12(15)9-11-5-3-2-4-6-14(11)16(18)19/h7-8,10-11,14H,2-6,9H2,1H3,(H,18,19). The van der Waals surface area contributed by atoms with E-state index < -0.39 is 5.97 Å². The Bertz CT molecular complexity index is 473. The van der Waals surface area contributed by atoms with Gasteiger partial charge in [-0.25, -0.2) is 0 Å². The third kappa shape index (κ3) is 3.75. The Morgan fingerprint density at radius 3 is 2.80 bits per heavy atom. The van der Waals surface area contributed by atoms with Gasteiger partial charge in [0.05, 0.1) is 13.0 Å². The molecule has 2 atom stereocenters. The average Bonchev–Trinajstić information content (AvgIpc) is 2.64. The van der Waals surface area contributed by atoms with Crippen LogP contribution in [0.3, 0.4) is 0 Å². The molecule has 0 spiro atoms. The summed E-state index contributed by atoms with van der Waals surface area (Å²) in [6.45, 7) is 0. The molecule has 1 aliphatic rings. The first-order chi connectivity index (χ1) is 9.61. The van der Waals surface area contributed by atoms with Gasteiger partial charge in [-0.2, -0.15) is 0 Å². The Hall–Kier alpha value is -1.03. The molecule has 1 aromatic rings. The predicted molar refractivity (Wildman–Crippen MR) is 82.1 cm³/mol. The maximum atomic E-state index is 11.5. The van der Waals surface area contributed by atoms with Gasteiger partial charge in [-0.05, 0) is 48.9 Å². The molecule has 1 saturated carbocycles. The molecule has 0 heterocycles. The highest BCUT2D eigenvalue weighted by molar-refractivity contribution is 9.10. The van der Waals surface area contributed by atoms with E-state index in [9.17, 15) is 9.90 Å². The zero-order chi connectivity index (χ0) is 14.5. The van der Waals surface area contributed by atoms with Gasteiger partial charge in [-0.1, -0.05) is 35.2 Å². The first-order valence-electron chi connectivity index (χ1n) is 7.17. The summed E-state index contributed by atoms with van der Waals surface area (Å²) in [6, 6.07) is 5.93. The van der Waals surface area contributed by atoms with E-state index >= 15 is 0 Å². The van der Waals surface area contributed by atoms with E-state index in [4.69, 9.17) is 4.74 Å². The first kappa shape index (κ1) is 15.4. The molecule has 0 aromatic heterocycles. The number of ether oxygens (including phenoxy) is 1. The largest absolute Gasteiger partial charge is 0.496 e. The van der Waals surface area contributed by atoms with E-state index in [0.29, 0.717) is 0 Å². The minimum absolute atomic E-state index is 0.207. The van der Waals surface area contributed by atoms with Crippen LogP contribution < -0.4 is 4.74 Å². The molecular formula is C16H21BrO3. The summed E-state index contributed by atoms with van der Waals surface area (Å²) in [7, 11) is 1.66. The molecular weight excluding hydrogens is 320 g/mol. The molecule has 4 heteroatoms. The van der Waals surface area contributed by atoms with Gasteiger partial charge in [-0.15, -0.1) is 0 Å². The lowest BCUT2D eigenvalue weighted by Gasteiger charge is -2.22. The summed E-state index contributed by atoms with van der Waals surface area (Å²) >= 11 is 3.48. The molecule has 1 N–H and O–H groups in total. The average molecular weight is 341 g/mol. The van der Waals surface area contributed by atoms with Crippen molar-refractivity contribution in [2.24, 2.45) is 11.8 Å². The zero-order valence-electron chi connectivity index (χ0n) is 11.8. The van der Waals surface area contributed by atoms with Crippen LogP contribution in [-0.4, -0.2) is 18.2 Å². The second-order valence-electron chi connectivity index (χ2n) is 5.50. The number of methoxy groups -OCH3 is 1. The lowest BCUT2D eigenvalue weighted by atomic mass is 9.83. The summed E-state index contributed by atoms with van der Waals surface area (Å²) in [5.74, 6) is 0.187. The van der Waals surface area contributed by atoms with Crippen molar-refractivity contribution < 1.29 is 14.6 Å². The fourth-order valence-electron chi connectivity index (χ4n) is 3.14. The third-order valence-corrected chi connectivity index (χ3v) is 4.69. The van der Waals surface area contributed by atoms with Crippen molar-refractivity contribution in [2.75, 3.05) is 7.11 Å². The van der Waals surface area contributed by atoms with Gasteiger partial charge in [0, 0.05) is 4.47 Å². The van der Waals surface area contributed by atoms with Crippen molar-refractivity contribution in [3.8, 4) is 5.75 Å². The van der Waals surface area contributed by atoms with Crippen molar-refractivity contribution in [2.45, 2.75) is 38.5 Å². The maximum Gasteiger partial charge on any atom is 0.306 e. The van der Waals surface area contributed by atoms with Crippen molar-refractivity contribution in [3.63, 3.8) is 0 Å². The summed E-state index contributed by atoms with van der Waals surface area (Å²) < 4.78 is 6.41. The van der Waals surface area contributed by atoms with Crippen molar-refractivity contribution in [1.29, 1.82) is 0 Å². The van der Waals surface area contributed by atoms with Crippen LogP contribution in [0.1, 0.15) is 37.7 Å². The quantitative estimate of drug-likeness (QED) is 0.832. The number of aliphatic carboxylic acids is 1. The number of rotatable bonds is 4. The van der Waals surface area contributed by atoms with Crippen LogP contribution in [0.5, 0.6) is 5.75 Å². The molecule has 0 aliphatic heterocycles. The highest BCUT2D eigenvalue weighted by atomic mass is 79.9. The van der Waals surface area contributed by atoms with Gasteiger partial charge in [0.15, 0.2) is 0 Å². The van der Waals surface area contributed by atoms with Crippen molar-refractivity contribution >= 4 is 21.9 Å². The van der Waals surface area contributed by atoms with Crippen LogP contribution in [0, 0.1) is 11.8 Å². The van der Waals surface area contributed by atoms with E-state index in [1.165, 1.54) is 0 Å². The Labute approximate surface area is 128 Å². The molecule has 0 bridgehead atoms. The van der Waals surface area contributed by atoms with E-state index in [1.807, 2.05) is 18.2 Å². The van der Waals surface area contributed by atoms with Crippen LogP contribution in [0.15, 0.2) is 22.7 Å². The maximum absolute atomic E-state index is 11.5. The van der Waals surface area contributed by atoms with Gasteiger partial charge in [-0.3, -0.25) is 4.79 Å². The van der Waals surface area contributed by atoms with E-state index in [0.717, 1.165) is 54.3 Å². The number of benzene rings is 1. The Morgan fingerprint density at radius 1 is 1.35 bits per heavy atom. The fourth-order valence-corrected chi connectivity index (χ4v) is 3.55. The van der Waals surface area contributed by atoms with Crippen LogP contribution >= 0.6 is 15.9 Å². The molecule has 0 saturated heterocycles. The molecule has 1 fully saturated rings. The number of hydrogen-bond donors (Lipinski definition) is 1. The lowest BCUT2D eigenvalue weighted by molar-refractivity contribution is -0.143. The minimum atomic E-state index is -0.647. The predicted octanol–water partition coefficient (Wildman–Crippen LogP) is 4.28. The lowest BCUT2D eigenvalue weighted by Crippen LogP contribution is -2.24. The first-order valence-corrected chi connectivity index (χ1v) is 7.96. The second kappa shape index (κ2) is 7.11. The smallest absolute Gasteiger partial charge is 0.306 e. The van der Waals surface area contributed by atoms with Gasteiger partial charge in [0.25, 0.3) is 0 Å². The molecule has 0 radical (unpaired) electrons. The van der Waals surface area contributed by atoms with Crippen LogP contribution in [0.2, 0.25) is 0 Å². The molecule has 0 amide bonds. The normalized spacial score (nSPS) is 23.1. The van der Waals surface area contributed by atoms with Gasteiger partial charge >= 0.3 is 5.97 Å². The molecule has 1 aliphatic carbocycles. The number of carboxylic acid groups (broad SMARTS) is 1. The molecule has 1 aromatic carbocycles. The Kier molecular flexibility index (Phi) is 5.46. The second-order valence-corrected chi connectivity index (χ2v) is 6.42. The highest BCUT2D eigenvalue weighted by Crippen LogP contribution is 2.34. The van der Waals surface area contributed by atoms with Crippen LogP contribution in [0.4, 0.5) is 0 Å². The number of carbonyl (C=O) groups is 1. The Balaban J connectivity index is 2.21. The molecule has 2 unspecified atom stereocenters. The minimum Gasteiger partial charge on any atom is -0.496 e. The third-order valence-electron chi connectivity index (χ3n) is 4.20. The number of carboxylic acids is 1. The SMILES string of the molecule is COc1ccc(Br)cc1CC1CCCCCC1C(=O)O. The molecule has 20 heavy (non-hydrogen) atoms. The summed E-state index contributed by atoms with van der Waals surface area (Å²) in [5, 5.41) is 9.45. The summed E-state index contributed by atoms with van der Waals surface area (Å²) in [5.41, 5.74) is 1.10. The molecule has 2 rings (SSSR count). The fraction of sp³-hybridized carbons (Fsp3) is 0.562. The number of hydrogen-bond acceptors (Lipinski definition) is 2. The van der Waals surface area contributed by atoms with E-state index in [1.54, 1.807) is 7.11 Å². The molecule has 110 valence electrons. The molecule has 3 nitrogen and oxygen atoms in total.